The number of carbonyl (C=O) groups is 2. The summed E-state index contributed by atoms with van der Waals surface area (Å²) in [7, 11) is 2.62. The number of halogens is 2. The first-order chi connectivity index (χ1) is 11.9. The molecule has 132 valence electrons. The molecule has 2 aromatic rings. The van der Waals surface area contributed by atoms with E-state index in [2.05, 4.69) is 4.74 Å². The normalized spacial score (nSPS) is 10.1. The van der Waals surface area contributed by atoms with Crippen molar-refractivity contribution in [2.75, 3.05) is 20.8 Å². The summed E-state index contributed by atoms with van der Waals surface area (Å²) in [6.45, 7) is -0.427. The minimum absolute atomic E-state index is 0.112. The lowest BCUT2D eigenvalue weighted by molar-refractivity contribution is -0.136. The van der Waals surface area contributed by atoms with Gasteiger partial charge in [0.05, 0.1) is 24.8 Å². The SMILES string of the molecule is COC(=O)c1ccc(OC(=O)COc2ccc(F)c(Cl)c2)c(OC)c1. The van der Waals surface area contributed by atoms with Gasteiger partial charge in [-0.25, -0.2) is 14.0 Å². The maximum atomic E-state index is 13.1. The average Bonchev–Trinajstić information content (AvgIpc) is 2.62. The van der Waals surface area contributed by atoms with Crippen LogP contribution in [0.2, 0.25) is 5.02 Å². The van der Waals surface area contributed by atoms with E-state index in [0.717, 1.165) is 6.07 Å². The fraction of sp³-hybridized carbons (Fsp3) is 0.176. The Labute approximate surface area is 148 Å². The number of carbonyl (C=O) groups excluding carboxylic acids is 2. The van der Waals surface area contributed by atoms with Gasteiger partial charge in [0, 0.05) is 6.07 Å². The van der Waals surface area contributed by atoms with Gasteiger partial charge in [-0.15, -0.1) is 0 Å². The van der Waals surface area contributed by atoms with Crippen molar-refractivity contribution in [3.05, 3.63) is 52.8 Å². The molecule has 0 amide bonds. The molecule has 0 radical (unpaired) electrons. The van der Waals surface area contributed by atoms with Crippen molar-refractivity contribution >= 4 is 23.5 Å². The minimum Gasteiger partial charge on any atom is -0.493 e. The Balaban J connectivity index is 2.02. The largest absolute Gasteiger partial charge is 0.493 e. The Morgan fingerprint density at radius 2 is 1.84 bits per heavy atom. The van der Waals surface area contributed by atoms with Crippen LogP contribution in [-0.2, 0) is 9.53 Å². The van der Waals surface area contributed by atoms with Crippen molar-refractivity contribution in [3.8, 4) is 17.2 Å². The summed E-state index contributed by atoms with van der Waals surface area (Å²) in [5, 5.41) is -0.120. The van der Waals surface area contributed by atoms with Gasteiger partial charge in [0.15, 0.2) is 18.1 Å². The molecule has 0 fully saturated rings. The Hall–Kier alpha value is -2.80. The highest BCUT2D eigenvalue weighted by atomic mass is 35.5. The van der Waals surface area contributed by atoms with Gasteiger partial charge in [0.1, 0.15) is 11.6 Å². The van der Waals surface area contributed by atoms with E-state index in [1.165, 1.54) is 44.6 Å². The number of esters is 2. The molecule has 0 bridgehead atoms. The van der Waals surface area contributed by atoms with Crippen molar-refractivity contribution in [1.82, 2.24) is 0 Å². The second kappa shape index (κ2) is 8.34. The molecule has 0 aliphatic heterocycles. The Kier molecular flexibility index (Phi) is 6.19. The van der Waals surface area contributed by atoms with Gasteiger partial charge in [-0.1, -0.05) is 11.6 Å². The molecule has 0 atom stereocenters. The second-order valence-electron chi connectivity index (χ2n) is 4.70. The predicted molar refractivity (Wildman–Crippen MR) is 86.9 cm³/mol. The van der Waals surface area contributed by atoms with Gasteiger partial charge < -0.3 is 18.9 Å². The van der Waals surface area contributed by atoms with Gasteiger partial charge in [-0.3, -0.25) is 0 Å². The first-order valence-electron chi connectivity index (χ1n) is 6.99. The molecule has 8 heteroatoms. The van der Waals surface area contributed by atoms with E-state index >= 15 is 0 Å². The minimum atomic E-state index is -0.718. The summed E-state index contributed by atoms with van der Waals surface area (Å²) >= 11 is 5.63. The van der Waals surface area contributed by atoms with Crippen molar-refractivity contribution < 1.29 is 32.9 Å². The molecule has 0 spiro atoms. The van der Waals surface area contributed by atoms with E-state index in [1.54, 1.807) is 0 Å². The van der Waals surface area contributed by atoms with Crippen LogP contribution in [0, 0.1) is 5.82 Å². The van der Waals surface area contributed by atoms with Crippen LogP contribution < -0.4 is 14.2 Å². The summed E-state index contributed by atoms with van der Waals surface area (Å²) in [5.41, 5.74) is 0.247. The monoisotopic (exact) mass is 368 g/mol. The lowest BCUT2D eigenvalue weighted by Crippen LogP contribution is -2.18. The predicted octanol–water partition coefficient (Wildman–Crippen LogP) is 3.26. The molecule has 25 heavy (non-hydrogen) atoms. The summed E-state index contributed by atoms with van der Waals surface area (Å²) in [6.07, 6.45) is 0. The molecular weight excluding hydrogens is 355 g/mol. The van der Waals surface area contributed by atoms with E-state index in [4.69, 9.17) is 25.8 Å². The van der Waals surface area contributed by atoms with Crippen LogP contribution in [-0.4, -0.2) is 32.8 Å². The molecule has 0 N–H and O–H groups in total. The average molecular weight is 369 g/mol. The van der Waals surface area contributed by atoms with Crippen LogP contribution >= 0.6 is 11.6 Å². The first-order valence-corrected chi connectivity index (χ1v) is 7.37. The van der Waals surface area contributed by atoms with Crippen molar-refractivity contribution in [1.29, 1.82) is 0 Å². The third kappa shape index (κ3) is 4.84. The number of methoxy groups -OCH3 is 2. The maximum absolute atomic E-state index is 13.1. The lowest BCUT2D eigenvalue weighted by Gasteiger charge is -2.11. The first kappa shape index (κ1) is 18.5. The quantitative estimate of drug-likeness (QED) is 0.575. The molecule has 0 aliphatic rings. The van der Waals surface area contributed by atoms with Gasteiger partial charge in [-0.05, 0) is 30.3 Å². The molecule has 0 heterocycles. The Bertz CT molecular complexity index is 793. The standard InChI is InChI=1S/C17H14ClFO6/c1-22-15-7-10(17(21)23-2)3-6-14(15)25-16(20)9-24-11-4-5-13(19)12(18)8-11/h3-8H,9H2,1-2H3. The third-order valence-corrected chi connectivity index (χ3v) is 3.35. The summed E-state index contributed by atoms with van der Waals surface area (Å²) < 4.78 is 33.1. The second-order valence-corrected chi connectivity index (χ2v) is 5.10. The maximum Gasteiger partial charge on any atom is 0.349 e. The zero-order valence-corrected chi connectivity index (χ0v) is 14.1. The number of hydrogen-bond acceptors (Lipinski definition) is 6. The van der Waals surface area contributed by atoms with Gasteiger partial charge in [0.25, 0.3) is 0 Å². The number of ether oxygens (including phenoxy) is 4. The fourth-order valence-electron chi connectivity index (χ4n) is 1.86. The molecule has 0 aliphatic carbocycles. The zero-order chi connectivity index (χ0) is 18.4. The van der Waals surface area contributed by atoms with Crippen LogP contribution in [0.5, 0.6) is 17.2 Å². The molecule has 0 saturated heterocycles. The van der Waals surface area contributed by atoms with E-state index < -0.39 is 24.4 Å². The highest BCUT2D eigenvalue weighted by Crippen LogP contribution is 2.28. The van der Waals surface area contributed by atoms with Crippen LogP contribution in [0.15, 0.2) is 36.4 Å². The van der Waals surface area contributed by atoms with E-state index in [-0.39, 0.29) is 27.8 Å². The smallest absolute Gasteiger partial charge is 0.349 e. The molecular formula is C17H14ClFO6. The van der Waals surface area contributed by atoms with Crippen LogP contribution in [0.4, 0.5) is 4.39 Å². The summed E-state index contributed by atoms with van der Waals surface area (Å²) in [5.74, 6) is -1.34. The topological polar surface area (TPSA) is 71.1 Å². The van der Waals surface area contributed by atoms with E-state index in [0.29, 0.717) is 0 Å². The van der Waals surface area contributed by atoms with Crippen molar-refractivity contribution in [2.45, 2.75) is 0 Å². The molecule has 2 rings (SSSR count). The molecule has 0 aromatic heterocycles. The highest BCUT2D eigenvalue weighted by molar-refractivity contribution is 6.30. The number of benzene rings is 2. The van der Waals surface area contributed by atoms with E-state index in [1.807, 2.05) is 0 Å². The Morgan fingerprint density at radius 3 is 2.48 bits per heavy atom. The van der Waals surface area contributed by atoms with Gasteiger partial charge in [-0.2, -0.15) is 0 Å². The van der Waals surface area contributed by atoms with Crippen LogP contribution in [0.3, 0.4) is 0 Å². The third-order valence-electron chi connectivity index (χ3n) is 3.06. The zero-order valence-electron chi connectivity index (χ0n) is 13.4. The van der Waals surface area contributed by atoms with E-state index in [9.17, 15) is 14.0 Å². The Morgan fingerprint density at radius 1 is 1.08 bits per heavy atom. The molecule has 0 unspecified atom stereocenters. The summed E-state index contributed by atoms with van der Waals surface area (Å²) in [4.78, 5) is 23.4. The number of hydrogen-bond donors (Lipinski definition) is 0. The van der Waals surface area contributed by atoms with Gasteiger partial charge in [0.2, 0.25) is 0 Å². The van der Waals surface area contributed by atoms with Crippen LogP contribution in [0.25, 0.3) is 0 Å². The summed E-state index contributed by atoms with van der Waals surface area (Å²) in [6, 6.07) is 7.91. The lowest BCUT2D eigenvalue weighted by atomic mass is 10.2. The van der Waals surface area contributed by atoms with Crippen molar-refractivity contribution in [3.63, 3.8) is 0 Å². The van der Waals surface area contributed by atoms with Crippen LogP contribution in [0.1, 0.15) is 10.4 Å². The van der Waals surface area contributed by atoms with Gasteiger partial charge >= 0.3 is 11.9 Å². The number of rotatable bonds is 6. The fourth-order valence-corrected chi connectivity index (χ4v) is 2.03. The molecule has 6 nitrogen and oxygen atoms in total. The molecule has 0 saturated carbocycles. The highest BCUT2D eigenvalue weighted by Gasteiger charge is 2.15. The van der Waals surface area contributed by atoms with Crippen molar-refractivity contribution in [2.24, 2.45) is 0 Å². The molecule has 2 aromatic carbocycles.